The number of hydrogen-bond donors (Lipinski definition) is 1. The molecular weight excluding hydrogens is 242 g/mol. The Balaban J connectivity index is 2.22. The number of thioether (sulfide) groups is 1. The molecule has 0 spiro atoms. The fourth-order valence-corrected chi connectivity index (χ4v) is 3.41. The first kappa shape index (κ1) is 12.4. The van der Waals surface area contributed by atoms with Gasteiger partial charge in [0.25, 0.3) is 0 Å². The zero-order valence-electron chi connectivity index (χ0n) is 9.42. The molecule has 16 heavy (non-hydrogen) atoms. The van der Waals surface area contributed by atoms with Crippen LogP contribution in [0.1, 0.15) is 18.1 Å². The summed E-state index contributed by atoms with van der Waals surface area (Å²) in [6, 6.07) is 8.75. The van der Waals surface area contributed by atoms with Gasteiger partial charge in [-0.3, -0.25) is 0 Å². The van der Waals surface area contributed by atoms with Crippen molar-refractivity contribution in [1.82, 2.24) is 5.32 Å². The van der Waals surface area contributed by atoms with E-state index >= 15 is 0 Å². The van der Waals surface area contributed by atoms with Crippen LogP contribution >= 0.6 is 11.8 Å². The van der Waals surface area contributed by atoms with Gasteiger partial charge < -0.3 is 0 Å². The van der Waals surface area contributed by atoms with Gasteiger partial charge in [0.15, 0.2) is 0 Å². The molecule has 3 heteroatoms. The van der Waals surface area contributed by atoms with Crippen LogP contribution < -0.4 is 5.32 Å². The summed E-state index contributed by atoms with van der Waals surface area (Å²) in [5, 5.41) is 4.32. The van der Waals surface area contributed by atoms with E-state index in [9.17, 15) is 0 Å². The molecule has 1 aliphatic heterocycles. The number of hydrogen-bond acceptors (Lipinski definition) is 2. The Labute approximate surface area is 124 Å². The Morgan fingerprint density at radius 2 is 2.06 bits per heavy atom. The van der Waals surface area contributed by atoms with Gasteiger partial charge in [0.05, 0.1) is 0 Å². The van der Waals surface area contributed by atoms with Gasteiger partial charge in [0, 0.05) is 0 Å². The Bertz CT molecular complexity index is 459. The molecule has 1 fully saturated rings. The second kappa shape index (κ2) is 5.54. The van der Waals surface area contributed by atoms with Gasteiger partial charge in [0.2, 0.25) is 0 Å². The Kier molecular flexibility index (Phi) is 4.31. The first-order chi connectivity index (χ1) is 7.69. The van der Waals surface area contributed by atoms with Gasteiger partial charge in [-0.1, -0.05) is 0 Å². The van der Waals surface area contributed by atoms with Crippen LogP contribution in [0.15, 0.2) is 40.8 Å². The maximum absolute atomic E-state index is 3.93. The quantitative estimate of drug-likeness (QED) is 0.816. The molecule has 1 N–H and O–H groups in total. The van der Waals surface area contributed by atoms with Gasteiger partial charge in [-0.25, -0.2) is 0 Å². The summed E-state index contributed by atoms with van der Waals surface area (Å²) in [7, 11) is 0. The molecule has 0 bridgehead atoms. The van der Waals surface area contributed by atoms with E-state index in [0.717, 1.165) is 46.7 Å². The molecule has 2 rings (SSSR count). The van der Waals surface area contributed by atoms with Crippen molar-refractivity contribution in [3.8, 4) is 0 Å². The Morgan fingerprint density at radius 1 is 1.38 bits per heavy atom. The van der Waals surface area contributed by atoms with Crippen LogP contribution in [0.5, 0.6) is 0 Å². The predicted molar refractivity (Wildman–Crippen MR) is 74.4 cm³/mol. The molecule has 1 aromatic carbocycles. The molecule has 0 amide bonds. The maximum atomic E-state index is 3.93. The summed E-state index contributed by atoms with van der Waals surface area (Å²) in [5.41, 5.74) is 2.65. The fraction of sp³-hybridized carbons (Fsp3) is 0.154. The van der Waals surface area contributed by atoms with Gasteiger partial charge in [-0.15, -0.1) is 0 Å². The third-order valence-electron chi connectivity index (χ3n) is 2.51. The molecule has 0 atom stereocenters. The molecule has 1 heterocycles. The summed E-state index contributed by atoms with van der Waals surface area (Å²) in [5.74, 6) is 0. The van der Waals surface area contributed by atoms with Gasteiger partial charge in [0.1, 0.15) is 0 Å². The van der Waals surface area contributed by atoms with Crippen molar-refractivity contribution in [2.45, 2.75) is 13.3 Å². The van der Waals surface area contributed by atoms with Crippen LogP contribution in [0.4, 0.5) is 0 Å². The van der Waals surface area contributed by atoms with Crippen LogP contribution in [0, 0.1) is 0 Å². The van der Waals surface area contributed by atoms with Crippen molar-refractivity contribution in [2.75, 3.05) is 0 Å². The Morgan fingerprint density at radius 3 is 2.56 bits per heavy atom. The summed E-state index contributed by atoms with van der Waals surface area (Å²) in [4.78, 5) is 1.31. The second-order valence-electron chi connectivity index (χ2n) is 3.73. The summed E-state index contributed by atoms with van der Waals surface area (Å²) >= 11 is 2.87. The monoisotopic (exact) mass is 255 g/mol. The second-order valence-corrected chi connectivity index (χ2v) is 5.97. The average Bonchev–Trinajstić information content (AvgIpc) is 2.59. The number of benzene rings is 1. The van der Waals surface area contributed by atoms with Crippen molar-refractivity contribution in [2.24, 2.45) is 0 Å². The number of aryl methyl sites for hydroxylation is 1. The summed E-state index contributed by atoms with van der Waals surface area (Å²) in [6.45, 7) is 6.11. The van der Waals surface area contributed by atoms with Crippen molar-refractivity contribution in [3.63, 3.8) is 0 Å². The molecule has 1 nitrogen and oxygen atoms in total. The van der Waals surface area contributed by atoms with E-state index < -0.39 is 0 Å². The number of rotatable bonds is 2. The molecular formula is C13H13CaNS. The third kappa shape index (κ3) is 3.01. The van der Waals surface area contributed by atoms with Crippen LogP contribution in [-0.4, -0.2) is 37.0 Å². The summed E-state index contributed by atoms with van der Waals surface area (Å²) in [6.07, 6.45) is 3.33. The molecule has 0 aliphatic carbocycles. The van der Waals surface area contributed by atoms with Crippen molar-refractivity contribution < 1.29 is 0 Å². The van der Waals surface area contributed by atoms with Crippen molar-refractivity contribution in [3.05, 3.63) is 51.9 Å². The normalized spacial score (nSPS) is 18.1. The van der Waals surface area contributed by atoms with Crippen LogP contribution in [0.25, 0.3) is 6.08 Å². The van der Waals surface area contributed by atoms with Gasteiger partial charge in [-0.05, 0) is 0 Å². The molecule has 1 saturated heterocycles. The molecule has 0 radical (unpaired) electrons. The third-order valence-corrected chi connectivity index (χ3v) is 4.71. The topological polar surface area (TPSA) is 12.0 Å². The minimum absolute atomic E-state index is 1.04. The standard InChI is InChI=1S/C13H13NS.Ca/c1-3-11-4-6-12(7-5-11)8-13-9-14-10(2)15-13;/h4-8,14H,2-3H2,1H3;/b13-8+;. The van der Waals surface area contributed by atoms with Crippen LogP contribution in [-0.2, 0) is 6.42 Å². The zero-order chi connectivity index (χ0) is 11.5. The van der Waals surface area contributed by atoms with Crippen LogP contribution in [0.3, 0.4) is 0 Å². The fourth-order valence-electron chi connectivity index (χ4n) is 1.57. The van der Waals surface area contributed by atoms with Crippen molar-refractivity contribution in [1.29, 1.82) is 0 Å². The zero-order valence-corrected chi connectivity index (χ0v) is 12.4. The van der Waals surface area contributed by atoms with E-state index in [1.807, 2.05) is 0 Å². The first-order valence-corrected chi connectivity index (χ1v) is 7.25. The molecule has 0 aromatic heterocycles. The van der Waals surface area contributed by atoms with Gasteiger partial charge in [-0.2, -0.15) is 0 Å². The summed E-state index contributed by atoms with van der Waals surface area (Å²) < 4.78 is 1.31. The molecule has 78 valence electrons. The van der Waals surface area contributed by atoms with E-state index in [4.69, 9.17) is 0 Å². The van der Waals surface area contributed by atoms with Crippen LogP contribution in [0.2, 0.25) is 0 Å². The molecule has 1 aliphatic rings. The van der Waals surface area contributed by atoms with E-state index in [0.29, 0.717) is 0 Å². The minimum atomic E-state index is 1.04. The predicted octanol–water partition coefficient (Wildman–Crippen LogP) is 2.70. The molecule has 0 saturated carbocycles. The van der Waals surface area contributed by atoms with Crippen molar-refractivity contribution >= 4 is 54.8 Å². The molecule has 1 aromatic rings. The van der Waals surface area contributed by atoms with E-state index in [2.05, 4.69) is 49.2 Å². The van der Waals surface area contributed by atoms with E-state index in [1.54, 1.807) is 11.8 Å². The average molecular weight is 255 g/mol. The van der Waals surface area contributed by atoms with E-state index in [1.165, 1.54) is 17.7 Å². The SMILES string of the molecule is C=C1N[C](=[Ca])/C(=C\c2ccc(CC)cc2)S1. The number of nitrogens with one attached hydrogen (secondary N) is 1. The van der Waals surface area contributed by atoms with E-state index in [-0.39, 0.29) is 0 Å². The van der Waals surface area contributed by atoms with Gasteiger partial charge >= 0.3 is 125 Å². The Hall–Kier alpha value is -0.0203. The molecule has 0 unspecified atom stereocenters. The first-order valence-electron chi connectivity index (χ1n) is 5.32.